The van der Waals surface area contributed by atoms with E-state index in [-0.39, 0.29) is 42.0 Å². The average molecular weight is 523 g/mol. The van der Waals surface area contributed by atoms with Gasteiger partial charge >= 0.3 is 0 Å². The van der Waals surface area contributed by atoms with E-state index < -0.39 is 0 Å². The van der Waals surface area contributed by atoms with Crippen LogP contribution in [0, 0.1) is 13.8 Å². The molecule has 190 valence electrons. The van der Waals surface area contributed by atoms with E-state index in [2.05, 4.69) is 29.0 Å². The lowest BCUT2D eigenvalue weighted by Crippen LogP contribution is -2.57. The van der Waals surface area contributed by atoms with Crippen molar-refractivity contribution in [2.45, 2.75) is 71.9 Å². The summed E-state index contributed by atoms with van der Waals surface area (Å²) in [5.41, 5.74) is 2.83. The summed E-state index contributed by atoms with van der Waals surface area (Å²) in [6, 6.07) is 0.885. The maximum Gasteiger partial charge on any atom is 0.224 e. The third kappa shape index (κ3) is 5.73. The van der Waals surface area contributed by atoms with Gasteiger partial charge in [0.25, 0.3) is 0 Å². The van der Waals surface area contributed by atoms with Crippen LogP contribution in [-0.2, 0) is 4.79 Å². The highest BCUT2D eigenvalue weighted by Gasteiger charge is 2.31. The van der Waals surface area contributed by atoms with E-state index in [1.807, 2.05) is 6.92 Å². The van der Waals surface area contributed by atoms with E-state index in [1.54, 1.807) is 13.8 Å². The summed E-state index contributed by atoms with van der Waals surface area (Å²) in [7, 11) is 0. The van der Waals surface area contributed by atoms with Gasteiger partial charge in [-0.05, 0) is 75.7 Å². The van der Waals surface area contributed by atoms with Crippen molar-refractivity contribution in [2.75, 3.05) is 36.5 Å². The summed E-state index contributed by atoms with van der Waals surface area (Å²) in [6.45, 7) is 12.5. The topological polar surface area (TPSA) is 44.8 Å². The quantitative estimate of drug-likeness (QED) is 0.406. The van der Waals surface area contributed by atoms with Crippen LogP contribution >= 0.6 is 23.2 Å². The van der Waals surface area contributed by atoms with Crippen molar-refractivity contribution in [3.05, 3.63) is 50.9 Å². The van der Waals surface area contributed by atoms with Crippen molar-refractivity contribution in [3.63, 3.8) is 0 Å². The van der Waals surface area contributed by atoms with Crippen LogP contribution in [0.1, 0.15) is 68.1 Å². The number of rotatable bonds is 7. The van der Waals surface area contributed by atoms with Gasteiger partial charge in [0.1, 0.15) is 5.75 Å². The lowest BCUT2D eigenvalue weighted by Gasteiger charge is -2.46. The molecule has 0 aliphatic carbocycles. The normalized spacial score (nSPS) is 24.3. The molecule has 4 rings (SSSR count). The predicted molar refractivity (Wildman–Crippen MR) is 147 cm³/mol. The lowest BCUT2D eigenvalue weighted by atomic mass is 9.91. The molecule has 2 aliphatic rings. The fourth-order valence-electron chi connectivity index (χ4n) is 5.16. The second-order valence-electron chi connectivity index (χ2n) is 9.92. The Hall–Kier alpha value is -1.95. The molecule has 2 aromatic carbocycles. The largest absolute Gasteiger partial charge is 0.493 e. The molecule has 1 fully saturated rings. The first-order chi connectivity index (χ1) is 18.3. The molecule has 0 radical (unpaired) electrons. The van der Waals surface area contributed by atoms with Gasteiger partial charge in [0, 0.05) is 43.3 Å². The number of anilines is 2. The van der Waals surface area contributed by atoms with Gasteiger partial charge in [-0.2, -0.15) is 0 Å². The van der Waals surface area contributed by atoms with Crippen LogP contribution in [0.4, 0.5) is 11.4 Å². The highest BCUT2D eigenvalue weighted by Crippen LogP contribution is 2.38. The van der Waals surface area contributed by atoms with Crippen molar-refractivity contribution in [2.24, 2.45) is 0 Å². The number of unbranched alkanes of at least 4 members (excludes halogenated alkanes) is 1. The number of fused-ring (bicyclic) bond motifs is 1. The first-order valence-electron chi connectivity index (χ1n) is 14.4. The predicted octanol–water partition coefficient (Wildman–Crippen LogP) is 6.81. The van der Waals surface area contributed by atoms with Gasteiger partial charge in [0.2, 0.25) is 5.91 Å². The van der Waals surface area contributed by atoms with Gasteiger partial charge in [-0.3, -0.25) is 9.69 Å². The molecule has 35 heavy (non-hydrogen) atoms. The second-order valence-corrected chi connectivity index (χ2v) is 10.7. The standard InChI is InChI=1S/C28H37Cl2N3O2/c1-17-8-9-24(28(30)27(17)29)33-20(4)15-32(16-21(33)5)10-6-7-11-35-25-14-23-22(12-19(25)3)18(2)13-26(34)31-23/h8-9,12,14,18,20-21H,6-7,10-11,13,15-16H2,1-5H3,(H,31,34)/i8D,9D,12D,14D. The third-order valence-corrected chi connectivity index (χ3v) is 7.82. The zero-order valence-electron chi connectivity index (χ0n) is 25.1. The van der Waals surface area contributed by atoms with Gasteiger partial charge in [0.05, 0.1) is 27.8 Å². The third-order valence-electron chi connectivity index (χ3n) is 6.89. The minimum Gasteiger partial charge on any atom is -0.493 e. The fourth-order valence-corrected chi connectivity index (χ4v) is 5.58. The summed E-state index contributed by atoms with van der Waals surface area (Å²) in [5, 5.41) is 3.46. The smallest absolute Gasteiger partial charge is 0.224 e. The monoisotopic (exact) mass is 521 g/mol. The van der Waals surface area contributed by atoms with Crippen LogP contribution in [0.25, 0.3) is 0 Å². The Kier molecular flexibility index (Phi) is 6.64. The van der Waals surface area contributed by atoms with Crippen molar-refractivity contribution in [1.82, 2.24) is 4.90 Å². The van der Waals surface area contributed by atoms with Gasteiger partial charge in [0.15, 0.2) is 0 Å². The van der Waals surface area contributed by atoms with E-state index >= 15 is 0 Å². The van der Waals surface area contributed by atoms with Crippen molar-refractivity contribution >= 4 is 40.5 Å². The molecule has 1 saturated heterocycles. The minimum atomic E-state index is -0.131. The van der Waals surface area contributed by atoms with E-state index in [1.165, 1.54) is 0 Å². The van der Waals surface area contributed by atoms with Crippen LogP contribution in [0.2, 0.25) is 10.0 Å². The molecular formula is C28H37Cl2N3O2. The van der Waals surface area contributed by atoms with Crippen molar-refractivity contribution in [1.29, 1.82) is 0 Å². The Labute approximate surface area is 225 Å². The number of carbonyl (C=O) groups excluding carboxylic acids is 1. The Bertz CT molecular complexity index is 1250. The molecule has 3 unspecified atom stereocenters. The zero-order chi connectivity index (χ0) is 28.8. The summed E-state index contributed by atoms with van der Waals surface area (Å²) >= 11 is 13.0. The van der Waals surface area contributed by atoms with Gasteiger partial charge in [-0.15, -0.1) is 0 Å². The number of nitrogens with zero attached hydrogens (tertiary/aromatic N) is 2. The maximum atomic E-state index is 12.0. The summed E-state index contributed by atoms with van der Waals surface area (Å²) in [4.78, 5) is 16.5. The van der Waals surface area contributed by atoms with Gasteiger partial charge < -0.3 is 15.0 Å². The number of nitrogens with one attached hydrogen (secondary N) is 1. The average Bonchev–Trinajstić information content (AvgIpc) is 2.87. The van der Waals surface area contributed by atoms with Gasteiger partial charge in [-0.1, -0.05) is 42.2 Å². The molecular weight excluding hydrogens is 481 g/mol. The highest BCUT2D eigenvalue weighted by atomic mass is 35.5. The Balaban J connectivity index is 1.35. The van der Waals surface area contributed by atoms with Gasteiger partial charge in [-0.25, -0.2) is 0 Å². The second kappa shape index (κ2) is 11.0. The number of piperazine rings is 1. The Morgan fingerprint density at radius 3 is 2.49 bits per heavy atom. The number of carbonyl (C=O) groups is 1. The molecule has 7 heteroatoms. The van der Waals surface area contributed by atoms with E-state index in [4.69, 9.17) is 33.4 Å². The van der Waals surface area contributed by atoms with Crippen LogP contribution < -0.4 is 15.0 Å². The number of hydrogen-bond acceptors (Lipinski definition) is 4. The maximum absolute atomic E-state index is 12.0. The number of amides is 1. The first kappa shape index (κ1) is 21.2. The molecule has 0 bridgehead atoms. The molecule has 1 amide bonds. The van der Waals surface area contributed by atoms with Crippen LogP contribution in [-0.4, -0.2) is 49.1 Å². The molecule has 2 aliphatic heterocycles. The van der Waals surface area contributed by atoms with E-state index in [0.29, 0.717) is 57.4 Å². The first-order valence-corrected chi connectivity index (χ1v) is 13.1. The molecule has 0 saturated carbocycles. The fraction of sp³-hybridized carbons (Fsp3) is 0.536. The number of benzene rings is 2. The van der Waals surface area contributed by atoms with Crippen LogP contribution in [0.5, 0.6) is 5.75 Å². The SMILES string of the molecule is [2H]c1c([2H])c(N2C(C)CN(CCCCOc3c([2H])c4c(c([2H])c3C)C(C)CC(=O)N4)CC2C)c(Cl)c(Cl)c1C. The van der Waals surface area contributed by atoms with Crippen LogP contribution in [0.3, 0.4) is 0 Å². The zero-order valence-corrected chi connectivity index (χ0v) is 22.7. The Morgan fingerprint density at radius 2 is 1.77 bits per heavy atom. The molecule has 2 aromatic rings. The van der Waals surface area contributed by atoms with E-state index in [9.17, 15) is 4.79 Å². The number of halogens is 2. The minimum absolute atomic E-state index is 0.0851. The number of ether oxygens (including phenoxy) is 1. The molecule has 0 spiro atoms. The van der Waals surface area contributed by atoms with E-state index in [0.717, 1.165) is 38.0 Å². The molecule has 3 atom stereocenters. The lowest BCUT2D eigenvalue weighted by molar-refractivity contribution is -0.116. The molecule has 2 heterocycles. The van der Waals surface area contributed by atoms with Crippen molar-refractivity contribution in [3.8, 4) is 5.75 Å². The molecule has 1 N–H and O–H groups in total. The highest BCUT2D eigenvalue weighted by molar-refractivity contribution is 6.44. The summed E-state index contributed by atoms with van der Waals surface area (Å²) in [5.74, 6) is 0.148. The molecule has 5 nitrogen and oxygen atoms in total. The van der Waals surface area contributed by atoms with Crippen LogP contribution in [0.15, 0.2) is 24.2 Å². The summed E-state index contributed by atoms with van der Waals surface area (Å²) < 4.78 is 40.0. The summed E-state index contributed by atoms with van der Waals surface area (Å²) in [6.07, 6.45) is 2.01. The number of hydrogen-bond donors (Lipinski definition) is 1. The van der Waals surface area contributed by atoms with Crippen molar-refractivity contribution < 1.29 is 15.0 Å². The molecule has 0 aromatic heterocycles. The Morgan fingerprint density at radius 1 is 1.06 bits per heavy atom.